The van der Waals surface area contributed by atoms with Crippen LogP contribution in [0.25, 0.3) is 0 Å². The molecule has 1 aliphatic heterocycles. The van der Waals surface area contributed by atoms with Crippen LogP contribution in [-0.4, -0.2) is 51.8 Å². The highest BCUT2D eigenvalue weighted by molar-refractivity contribution is 5.96. The molecule has 11 heteroatoms. The molecular formula is C16H16F3N5O3. The lowest BCUT2D eigenvalue weighted by molar-refractivity contribution is -0.138. The Morgan fingerprint density at radius 2 is 1.74 bits per heavy atom. The molecule has 0 unspecified atom stereocenters. The van der Waals surface area contributed by atoms with Crippen molar-refractivity contribution in [1.29, 1.82) is 0 Å². The number of amides is 1. The van der Waals surface area contributed by atoms with Gasteiger partial charge in [0.2, 0.25) is 5.82 Å². The lowest BCUT2D eigenvalue weighted by atomic mass is 10.1. The predicted octanol–water partition coefficient (Wildman–Crippen LogP) is 0.450. The SMILES string of the molecule is Cn1c(=O)[nH]nc(N2CCN(C(=O)c3ccccc3C(F)(F)F)CC2)c1=O. The molecule has 0 spiro atoms. The van der Waals surface area contributed by atoms with Crippen molar-refractivity contribution in [3.8, 4) is 0 Å². The maximum Gasteiger partial charge on any atom is 0.417 e. The number of nitrogens with one attached hydrogen (secondary N) is 1. The molecule has 0 radical (unpaired) electrons. The van der Waals surface area contributed by atoms with Crippen molar-refractivity contribution in [3.63, 3.8) is 0 Å². The fourth-order valence-corrected chi connectivity index (χ4v) is 2.88. The number of halogens is 3. The summed E-state index contributed by atoms with van der Waals surface area (Å²) in [7, 11) is 1.31. The van der Waals surface area contributed by atoms with Crippen LogP contribution in [0.1, 0.15) is 15.9 Å². The molecule has 3 rings (SSSR count). The van der Waals surface area contributed by atoms with Crippen LogP contribution in [-0.2, 0) is 13.2 Å². The summed E-state index contributed by atoms with van der Waals surface area (Å²) < 4.78 is 40.2. The van der Waals surface area contributed by atoms with Crippen molar-refractivity contribution in [2.75, 3.05) is 31.1 Å². The second kappa shape index (κ2) is 6.89. The highest BCUT2D eigenvalue weighted by atomic mass is 19.4. The van der Waals surface area contributed by atoms with Crippen molar-refractivity contribution < 1.29 is 18.0 Å². The van der Waals surface area contributed by atoms with Gasteiger partial charge in [-0.1, -0.05) is 12.1 Å². The van der Waals surface area contributed by atoms with E-state index in [0.717, 1.165) is 16.7 Å². The minimum atomic E-state index is -4.62. The second-order valence-corrected chi connectivity index (χ2v) is 6.04. The summed E-state index contributed by atoms with van der Waals surface area (Å²) in [5.41, 5.74) is -2.62. The highest BCUT2D eigenvalue weighted by Crippen LogP contribution is 2.32. The normalized spacial score (nSPS) is 15.1. The number of anilines is 1. The van der Waals surface area contributed by atoms with Crippen LogP contribution in [0.3, 0.4) is 0 Å². The maximum atomic E-state index is 13.1. The smallest absolute Gasteiger partial charge is 0.347 e. The number of piperazine rings is 1. The Hall–Kier alpha value is -3.11. The van der Waals surface area contributed by atoms with Crippen molar-refractivity contribution in [1.82, 2.24) is 19.7 Å². The number of hydrogen-bond acceptors (Lipinski definition) is 5. The number of H-pyrrole nitrogens is 1. The molecule has 8 nitrogen and oxygen atoms in total. The fourth-order valence-electron chi connectivity index (χ4n) is 2.88. The molecular weight excluding hydrogens is 367 g/mol. The van der Waals surface area contributed by atoms with Crippen LogP contribution in [0, 0.1) is 0 Å². The number of carbonyl (C=O) groups excluding carboxylic acids is 1. The molecule has 1 saturated heterocycles. The van der Waals surface area contributed by atoms with E-state index in [1.165, 1.54) is 24.1 Å². The first-order valence-corrected chi connectivity index (χ1v) is 8.06. The molecule has 1 N–H and O–H groups in total. The van der Waals surface area contributed by atoms with Crippen molar-refractivity contribution in [2.24, 2.45) is 7.05 Å². The summed E-state index contributed by atoms with van der Waals surface area (Å²) in [6.07, 6.45) is -4.62. The minimum Gasteiger partial charge on any atom is -0.347 e. The van der Waals surface area contributed by atoms with Gasteiger partial charge >= 0.3 is 11.9 Å². The quantitative estimate of drug-likeness (QED) is 0.813. The summed E-state index contributed by atoms with van der Waals surface area (Å²) in [5, 5.41) is 5.94. The molecule has 144 valence electrons. The summed E-state index contributed by atoms with van der Waals surface area (Å²) in [6.45, 7) is 0.645. The molecule has 1 amide bonds. The molecule has 0 atom stereocenters. The number of aromatic amines is 1. The first-order chi connectivity index (χ1) is 12.7. The molecule has 2 heterocycles. The topological polar surface area (TPSA) is 91.3 Å². The van der Waals surface area contributed by atoms with Gasteiger partial charge in [0.15, 0.2) is 0 Å². The third-order valence-corrected chi connectivity index (χ3v) is 4.39. The lowest BCUT2D eigenvalue weighted by Crippen LogP contribution is -2.51. The Kier molecular flexibility index (Phi) is 4.77. The molecule has 1 aromatic carbocycles. The second-order valence-electron chi connectivity index (χ2n) is 6.04. The maximum absolute atomic E-state index is 13.1. The molecule has 0 aliphatic carbocycles. The van der Waals surface area contributed by atoms with E-state index in [0.29, 0.717) is 0 Å². The summed E-state index contributed by atoms with van der Waals surface area (Å²) >= 11 is 0. The average molecular weight is 383 g/mol. The van der Waals surface area contributed by atoms with E-state index >= 15 is 0 Å². The molecule has 27 heavy (non-hydrogen) atoms. The Morgan fingerprint density at radius 1 is 1.11 bits per heavy atom. The number of hydrogen-bond donors (Lipinski definition) is 1. The van der Waals surface area contributed by atoms with Crippen LogP contribution in [0.5, 0.6) is 0 Å². The van der Waals surface area contributed by atoms with Gasteiger partial charge in [-0.05, 0) is 12.1 Å². The minimum absolute atomic E-state index is 0.0277. The zero-order valence-corrected chi connectivity index (χ0v) is 14.3. The zero-order valence-electron chi connectivity index (χ0n) is 14.3. The Morgan fingerprint density at radius 3 is 2.37 bits per heavy atom. The van der Waals surface area contributed by atoms with E-state index in [-0.39, 0.29) is 32.0 Å². The van der Waals surface area contributed by atoms with E-state index in [1.807, 2.05) is 0 Å². The Bertz CT molecular complexity index is 974. The van der Waals surface area contributed by atoms with E-state index in [4.69, 9.17) is 0 Å². The van der Waals surface area contributed by atoms with Gasteiger partial charge < -0.3 is 9.80 Å². The number of rotatable bonds is 2. The largest absolute Gasteiger partial charge is 0.417 e. The molecule has 1 fully saturated rings. The Labute approximate surface area is 150 Å². The van der Waals surface area contributed by atoms with Gasteiger partial charge in [-0.2, -0.15) is 13.2 Å². The van der Waals surface area contributed by atoms with Gasteiger partial charge in [0, 0.05) is 33.2 Å². The van der Waals surface area contributed by atoms with Crippen molar-refractivity contribution in [2.45, 2.75) is 6.18 Å². The first kappa shape index (κ1) is 18.7. The third kappa shape index (κ3) is 3.57. The zero-order chi connectivity index (χ0) is 19.8. The lowest BCUT2D eigenvalue weighted by Gasteiger charge is -2.35. The van der Waals surface area contributed by atoms with Gasteiger partial charge in [0.05, 0.1) is 11.1 Å². The van der Waals surface area contributed by atoms with Gasteiger partial charge in [-0.25, -0.2) is 9.89 Å². The van der Waals surface area contributed by atoms with Crippen LogP contribution >= 0.6 is 0 Å². The molecule has 1 aromatic heterocycles. The first-order valence-electron chi connectivity index (χ1n) is 8.06. The predicted molar refractivity (Wildman–Crippen MR) is 89.7 cm³/mol. The number of aromatic nitrogens is 3. The molecule has 0 bridgehead atoms. The van der Waals surface area contributed by atoms with Gasteiger partial charge in [0.25, 0.3) is 11.5 Å². The van der Waals surface area contributed by atoms with Crippen LogP contribution < -0.4 is 16.1 Å². The van der Waals surface area contributed by atoms with Crippen LogP contribution in [0.2, 0.25) is 0 Å². The van der Waals surface area contributed by atoms with Crippen LogP contribution in [0.15, 0.2) is 33.9 Å². The van der Waals surface area contributed by atoms with Gasteiger partial charge in [0.1, 0.15) is 0 Å². The number of benzene rings is 1. The van der Waals surface area contributed by atoms with E-state index in [9.17, 15) is 27.6 Å². The number of alkyl halides is 3. The van der Waals surface area contributed by atoms with Gasteiger partial charge in [-0.15, -0.1) is 5.10 Å². The highest BCUT2D eigenvalue weighted by Gasteiger charge is 2.36. The van der Waals surface area contributed by atoms with E-state index in [2.05, 4.69) is 10.2 Å². The van der Waals surface area contributed by atoms with E-state index < -0.39 is 34.5 Å². The third-order valence-electron chi connectivity index (χ3n) is 4.39. The van der Waals surface area contributed by atoms with Crippen molar-refractivity contribution in [3.05, 3.63) is 56.2 Å². The summed E-state index contributed by atoms with van der Waals surface area (Å²) in [6, 6.07) is 4.63. The molecule has 1 aliphatic rings. The standard InChI is InChI=1S/C16H16F3N5O3/c1-22-14(26)12(20-21-15(22)27)23-6-8-24(9-7-23)13(25)10-4-2-3-5-11(10)16(17,18)19/h2-5H,6-9H2,1H3,(H,21,27). The summed E-state index contributed by atoms with van der Waals surface area (Å²) in [5.74, 6) is -0.690. The summed E-state index contributed by atoms with van der Waals surface area (Å²) in [4.78, 5) is 38.9. The Balaban J connectivity index is 1.77. The van der Waals surface area contributed by atoms with Crippen molar-refractivity contribution >= 4 is 11.7 Å². The fraction of sp³-hybridized carbons (Fsp3) is 0.375. The van der Waals surface area contributed by atoms with Crippen LogP contribution in [0.4, 0.5) is 19.0 Å². The number of carbonyl (C=O) groups is 1. The average Bonchev–Trinajstić information content (AvgIpc) is 2.65. The monoisotopic (exact) mass is 383 g/mol. The molecule has 0 saturated carbocycles. The van der Waals surface area contributed by atoms with Gasteiger partial charge in [-0.3, -0.25) is 14.2 Å². The number of nitrogens with zero attached hydrogens (tertiary/aromatic N) is 4. The van der Waals surface area contributed by atoms with E-state index in [1.54, 1.807) is 4.90 Å². The molecule has 2 aromatic rings.